The van der Waals surface area contributed by atoms with Crippen molar-refractivity contribution in [3.05, 3.63) is 0 Å². The van der Waals surface area contributed by atoms with Crippen LogP contribution < -0.4 is 5.73 Å². The summed E-state index contributed by atoms with van der Waals surface area (Å²) in [7, 11) is 0. The summed E-state index contributed by atoms with van der Waals surface area (Å²) in [5.74, 6) is -3.18. The lowest BCUT2D eigenvalue weighted by atomic mass is 9.73. The molecule has 1 saturated carbocycles. The Morgan fingerprint density at radius 1 is 1.22 bits per heavy atom. The van der Waals surface area contributed by atoms with Crippen molar-refractivity contribution in [1.82, 2.24) is 0 Å². The molecule has 5 heteroatoms. The predicted octanol–water partition coefficient (Wildman–Crippen LogP) is 1.69. The highest BCUT2D eigenvalue weighted by atomic mass is 16.6. The first-order valence-electron chi connectivity index (χ1n) is 6.40. The Morgan fingerprint density at radius 3 is 2.11 bits per heavy atom. The van der Waals surface area contributed by atoms with Gasteiger partial charge in [0.1, 0.15) is 5.60 Å². The largest absolute Gasteiger partial charge is 0.481 e. The van der Waals surface area contributed by atoms with Gasteiger partial charge in [-0.25, -0.2) is 0 Å². The zero-order valence-corrected chi connectivity index (χ0v) is 11.4. The van der Waals surface area contributed by atoms with Crippen LogP contribution >= 0.6 is 0 Å². The molecule has 0 radical (unpaired) electrons. The SMILES string of the molecule is CC(C)(C)OC(=O)C(C(=O)O)C1(N)CCCCC1. The van der Waals surface area contributed by atoms with E-state index in [0.717, 1.165) is 19.3 Å². The molecule has 1 rings (SSSR count). The second-order valence-electron chi connectivity index (χ2n) is 6.10. The Labute approximate surface area is 108 Å². The number of carbonyl (C=O) groups excluding carboxylic acids is 1. The third kappa shape index (κ3) is 3.70. The number of hydrogen-bond donors (Lipinski definition) is 2. The minimum Gasteiger partial charge on any atom is -0.481 e. The molecule has 1 aliphatic carbocycles. The summed E-state index contributed by atoms with van der Waals surface area (Å²) in [6.07, 6.45) is 3.89. The molecule has 1 atom stereocenters. The molecule has 0 aromatic heterocycles. The number of rotatable bonds is 3. The topological polar surface area (TPSA) is 89.6 Å². The Balaban J connectivity index is 2.88. The molecule has 0 bridgehead atoms. The lowest BCUT2D eigenvalue weighted by Crippen LogP contribution is -2.56. The van der Waals surface area contributed by atoms with Gasteiger partial charge in [-0.05, 0) is 33.6 Å². The fourth-order valence-corrected chi connectivity index (χ4v) is 2.44. The van der Waals surface area contributed by atoms with Gasteiger partial charge in [-0.1, -0.05) is 19.3 Å². The first-order valence-corrected chi connectivity index (χ1v) is 6.40. The summed E-state index contributed by atoms with van der Waals surface area (Å²) in [6.45, 7) is 5.15. The maximum Gasteiger partial charge on any atom is 0.322 e. The normalized spacial score (nSPS) is 21.1. The van der Waals surface area contributed by atoms with Crippen LogP contribution in [-0.2, 0) is 14.3 Å². The number of ether oxygens (including phenoxy) is 1. The van der Waals surface area contributed by atoms with Gasteiger partial charge in [-0.2, -0.15) is 0 Å². The average molecular weight is 257 g/mol. The fraction of sp³-hybridized carbons (Fsp3) is 0.846. The van der Waals surface area contributed by atoms with Gasteiger partial charge >= 0.3 is 11.9 Å². The van der Waals surface area contributed by atoms with Gasteiger partial charge in [0.15, 0.2) is 5.92 Å². The molecule has 0 saturated heterocycles. The Hall–Kier alpha value is -1.10. The first-order chi connectivity index (χ1) is 8.16. The maximum absolute atomic E-state index is 12.0. The first kappa shape index (κ1) is 15.0. The van der Waals surface area contributed by atoms with E-state index in [9.17, 15) is 14.7 Å². The van der Waals surface area contributed by atoms with Crippen LogP contribution in [0.25, 0.3) is 0 Å². The van der Waals surface area contributed by atoms with Crippen LogP contribution in [0, 0.1) is 5.92 Å². The van der Waals surface area contributed by atoms with E-state index >= 15 is 0 Å². The minimum absolute atomic E-state index is 0.559. The standard InChI is InChI=1S/C13H23NO4/c1-12(2,3)18-11(17)9(10(15)16)13(14)7-5-4-6-8-13/h9H,4-8,14H2,1-3H3,(H,15,16). The van der Waals surface area contributed by atoms with E-state index in [1.165, 1.54) is 0 Å². The van der Waals surface area contributed by atoms with Gasteiger partial charge in [0.2, 0.25) is 0 Å². The van der Waals surface area contributed by atoms with Crippen molar-refractivity contribution >= 4 is 11.9 Å². The van der Waals surface area contributed by atoms with E-state index in [1.807, 2.05) is 0 Å². The van der Waals surface area contributed by atoms with Crippen molar-refractivity contribution in [3.63, 3.8) is 0 Å². The van der Waals surface area contributed by atoms with Crippen LogP contribution in [0.1, 0.15) is 52.9 Å². The molecule has 0 aliphatic heterocycles. The number of esters is 1. The second kappa shape index (κ2) is 5.26. The lowest BCUT2D eigenvalue weighted by Gasteiger charge is -2.37. The molecule has 1 unspecified atom stereocenters. The van der Waals surface area contributed by atoms with Crippen LogP contribution in [0.5, 0.6) is 0 Å². The summed E-state index contributed by atoms with van der Waals surface area (Å²) in [5, 5.41) is 9.28. The molecule has 0 heterocycles. The van der Waals surface area contributed by atoms with Crippen LogP contribution in [0.15, 0.2) is 0 Å². The zero-order valence-electron chi connectivity index (χ0n) is 11.4. The van der Waals surface area contributed by atoms with E-state index < -0.39 is 29.0 Å². The monoisotopic (exact) mass is 257 g/mol. The third-order valence-corrected chi connectivity index (χ3v) is 3.25. The molecular weight excluding hydrogens is 234 g/mol. The van der Waals surface area contributed by atoms with Gasteiger partial charge in [0.25, 0.3) is 0 Å². The molecule has 0 amide bonds. The molecule has 1 fully saturated rings. The van der Waals surface area contributed by atoms with E-state index in [1.54, 1.807) is 20.8 Å². The van der Waals surface area contributed by atoms with Crippen molar-refractivity contribution in [3.8, 4) is 0 Å². The van der Waals surface area contributed by atoms with E-state index in [2.05, 4.69) is 0 Å². The summed E-state index contributed by atoms with van der Waals surface area (Å²) in [6, 6.07) is 0. The molecule has 0 aromatic rings. The van der Waals surface area contributed by atoms with Crippen molar-refractivity contribution in [2.24, 2.45) is 11.7 Å². The molecule has 104 valence electrons. The Bertz CT molecular complexity index is 326. The fourth-order valence-electron chi connectivity index (χ4n) is 2.44. The quantitative estimate of drug-likeness (QED) is 0.593. The molecule has 3 N–H and O–H groups in total. The number of hydrogen-bond acceptors (Lipinski definition) is 4. The maximum atomic E-state index is 12.0. The molecule has 1 aliphatic rings. The summed E-state index contributed by atoms with van der Waals surface area (Å²) < 4.78 is 5.18. The van der Waals surface area contributed by atoms with Crippen molar-refractivity contribution in [2.75, 3.05) is 0 Å². The number of carboxylic acid groups (broad SMARTS) is 1. The van der Waals surface area contributed by atoms with E-state index in [-0.39, 0.29) is 0 Å². The molecule has 18 heavy (non-hydrogen) atoms. The molecule has 0 aromatic carbocycles. The highest BCUT2D eigenvalue weighted by Gasteiger charge is 2.47. The van der Waals surface area contributed by atoms with E-state index in [0.29, 0.717) is 12.8 Å². The predicted molar refractivity (Wildman–Crippen MR) is 67.0 cm³/mol. The number of aliphatic carboxylic acids is 1. The summed E-state index contributed by atoms with van der Waals surface area (Å²) >= 11 is 0. The van der Waals surface area contributed by atoms with Crippen molar-refractivity contribution < 1.29 is 19.4 Å². The van der Waals surface area contributed by atoms with Gasteiger partial charge in [-0.15, -0.1) is 0 Å². The minimum atomic E-state index is -1.27. The zero-order chi connectivity index (χ0) is 14.0. The summed E-state index contributed by atoms with van der Waals surface area (Å²) in [5.41, 5.74) is 4.48. The van der Waals surface area contributed by atoms with Crippen LogP contribution in [-0.4, -0.2) is 28.2 Å². The molecule has 0 spiro atoms. The smallest absolute Gasteiger partial charge is 0.322 e. The Kier molecular flexibility index (Phi) is 4.37. The molecule has 5 nitrogen and oxygen atoms in total. The van der Waals surface area contributed by atoms with Crippen molar-refractivity contribution in [1.29, 1.82) is 0 Å². The summed E-state index contributed by atoms with van der Waals surface area (Å²) in [4.78, 5) is 23.4. The number of carbonyl (C=O) groups is 2. The van der Waals surface area contributed by atoms with Crippen LogP contribution in [0.2, 0.25) is 0 Å². The highest BCUT2D eigenvalue weighted by molar-refractivity contribution is 5.95. The van der Waals surface area contributed by atoms with Gasteiger partial charge in [0.05, 0.1) is 0 Å². The van der Waals surface area contributed by atoms with Gasteiger partial charge in [-0.3, -0.25) is 9.59 Å². The van der Waals surface area contributed by atoms with Gasteiger partial charge < -0.3 is 15.6 Å². The number of nitrogens with two attached hydrogens (primary N) is 1. The third-order valence-electron chi connectivity index (χ3n) is 3.25. The number of carboxylic acids is 1. The van der Waals surface area contributed by atoms with E-state index in [4.69, 9.17) is 10.5 Å². The van der Waals surface area contributed by atoms with Crippen LogP contribution in [0.3, 0.4) is 0 Å². The van der Waals surface area contributed by atoms with Crippen LogP contribution in [0.4, 0.5) is 0 Å². The highest BCUT2D eigenvalue weighted by Crippen LogP contribution is 2.34. The molecular formula is C13H23NO4. The average Bonchev–Trinajstić information content (AvgIpc) is 2.13. The second-order valence-corrected chi connectivity index (χ2v) is 6.10. The Morgan fingerprint density at radius 2 is 1.72 bits per heavy atom. The van der Waals surface area contributed by atoms with Gasteiger partial charge in [0, 0.05) is 5.54 Å². The lowest BCUT2D eigenvalue weighted by molar-refractivity contribution is -0.170. The van der Waals surface area contributed by atoms with Crippen molar-refractivity contribution in [2.45, 2.75) is 64.0 Å².